The van der Waals surface area contributed by atoms with Crippen LogP contribution in [0.3, 0.4) is 0 Å². The van der Waals surface area contributed by atoms with E-state index in [2.05, 4.69) is 5.32 Å². The number of benzene rings is 2. The Bertz CT molecular complexity index is 1100. The molecule has 3 N–H and O–H groups in total. The van der Waals surface area contributed by atoms with Crippen molar-refractivity contribution >= 4 is 27.5 Å². The minimum atomic E-state index is -3.93. The lowest BCUT2D eigenvalue weighted by molar-refractivity contribution is -0.136. The largest absolute Gasteiger partial charge is 0.378 e. The van der Waals surface area contributed by atoms with Gasteiger partial charge in [-0.1, -0.05) is 29.8 Å². The van der Waals surface area contributed by atoms with Crippen LogP contribution in [-0.4, -0.2) is 75.8 Å². The summed E-state index contributed by atoms with van der Waals surface area (Å²) in [6.07, 6.45) is 0.150. The van der Waals surface area contributed by atoms with Gasteiger partial charge in [0.15, 0.2) is 0 Å². The lowest BCUT2D eigenvalue weighted by Crippen LogP contribution is -2.61. The van der Waals surface area contributed by atoms with Crippen molar-refractivity contribution in [2.24, 2.45) is 5.73 Å². The second-order valence-corrected chi connectivity index (χ2v) is 10.5. The van der Waals surface area contributed by atoms with Crippen LogP contribution in [0.5, 0.6) is 0 Å². The van der Waals surface area contributed by atoms with Crippen LogP contribution < -0.4 is 16.0 Å². The third-order valence-electron chi connectivity index (χ3n) is 5.89. The molecule has 1 atom stereocenters. The fourth-order valence-electron chi connectivity index (χ4n) is 3.84. The molecule has 1 heterocycles. The molecule has 1 unspecified atom stereocenters. The van der Waals surface area contributed by atoms with Gasteiger partial charge in [0.2, 0.25) is 21.8 Å². The smallest absolute Gasteiger partial charge is 0.243 e. The Kier molecular flexibility index (Phi) is 8.29. The van der Waals surface area contributed by atoms with Crippen LogP contribution >= 0.6 is 0 Å². The topological polar surface area (TPSA) is 116 Å². The van der Waals surface area contributed by atoms with E-state index in [0.717, 1.165) is 16.8 Å². The van der Waals surface area contributed by atoms with Crippen molar-refractivity contribution < 1.29 is 18.0 Å². The predicted octanol–water partition coefficient (Wildman–Crippen LogP) is 0.928. The van der Waals surface area contributed by atoms with Gasteiger partial charge in [0.05, 0.1) is 4.90 Å². The number of hydrogen-bond donors (Lipinski definition) is 2. The van der Waals surface area contributed by atoms with Crippen molar-refractivity contribution in [1.29, 1.82) is 0 Å². The molecule has 1 aliphatic rings. The molecule has 0 bridgehead atoms. The monoisotopic (exact) mass is 487 g/mol. The van der Waals surface area contributed by atoms with Crippen LogP contribution in [0.1, 0.15) is 17.5 Å². The average Bonchev–Trinajstić information content (AvgIpc) is 2.82. The Labute approximate surface area is 201 Å². The maximum Gasteiger partial charge on any atom is 0.243 e. The number of nitrogens with two attached hydrogens (primary N) is 1. The van der Waals surface area contributed by atoms with E-state index < -0.39 is 22.0 Å². The summed E-state index contributed by atoms with van der Waals surface area (Å²) < 4.78 is 28.0. The van der Waals surface area contributed by atoms with Crippen molar-refractivity contribution in [3.8, 4) is 0 Å². The molecule has 184 valence electrons. The van der Waals surface area contributed by atoms with E-state index in [9.17, 15) is 18.0 Å². The summed E-state index contributed by atoms with van der Waals surface area (Å²) in [5.41, 5.74) is 8.38. The van der Waals surface area contributed by atoms with Gasteiger partial charge in [-0.05, 0) is 36.8 Å². The van der Waals surface area contributed by atoms with E-state index in [-0.39, 0.29) is 49.9 Å². The number of rotatable bonds is 8. The van der Waals surface area contributed by atoms with E-state index in [0.29, 0.717) is 0 Å². The fourth-order valence-corrected chi connectivity index (χ4v) is 5.41. The summed E-state index contributed by atoms with van der Waals surface area (Å²) in [4.78, 5) is 29.3. The summed E-state index contributed by atoms with van der Waals surface area (Å²) >= 11 is 0. The molecule has 1 fully saturated rings. The zero-order chi connectivity index (χ0) is 24.9. The van der Waals surface area contributed by atoms with Crippen LogP contribution in [0.25, 0.3) is 0 Å². The molecular weight excluding hydrogens is 454 g/mol. The highest BCUT2D eigenvalue weighted by Gasteiger charge is 2.41. The highest BCUT2D eigenvalue weighted by atomic mass is 32.2. The molecule has 1 aliphatic heterocycles. The number of carbonyl (C=O) groups excluding carboxylic acids is 2. The number of carbonyl (C=O) groups is 2. The van der Waals surface area contributed by atoms with Crippen molar-refractivity contribution in [2.75, 3.05) is 45.2 Å². The summed E-state index contributed by atoms with van der Waals surface area (Å²) in [5.74, 6) is -0.635. The van der Waals surface area contributed by atoms with Crippen LogP contribution in [-0.2, 0) is 26.2 Å². The van der Waals surface area contributed by atoms with Crippen molar-refractivity contribution in [2.45, 2.75) is 30.8 Å². The third kappa shape index (κ3) is 5.94. The molecule has 3 rings (SSSR count). The number of nitrogens with one attached hydrogen (secondary N) is 1. The normalized spacial score (nSPS) is 16.8. The summed E-state index contributed by atoms with van der Waals surface area (Å²) in [5, 5.41) is 2.85. The Morgan fingerprint density at radius 1 is 1.06 bits per heavy atom. The van der Waals surface area contributed by atoms with E-state index in [1.54, 1.807) is 12.1 Å². The van der Waals surface area contributed by atoms with Gasteiger partial charge in [0, 0.05) is 58.9 Å². The molecule has 0 aromatic heterocycles. The van der Waals surface area contributed by atoms with E-state index in [1.807, 2.05) is 50.2 Å². The molecule has 0 saturated carbocycles. The standard InChI is InChI=1S/C24H33N5O4S/c1-18-4-10-21(11-5-18)34(32,33)29-15-14-28(23(30)12-13-25)17-22(29)24(31)26-16-19-6-8-20(9-7-19)27(2)3/h4-11,22H,12-17,25H2,1-3H3,(H,26,31). The van der Waals surface area contributed by atoms with E-state index in [4.69, 9.17) is 5.73 Å². The van der Waals surface area contributed by atoms with Gasteiger partial charge in [-0.2, -0.15) is 4.31 Å². The number of nitrogens with zero attached hydrogens (tertiary/aromatic N) is 3. The first kappa shape index (κ1) is 25.7. The number of hydrogen-bond acceptors (Lipinski definition) is 6. The van der Waals surface area contributed by atoms with Gasteiger partial charge in [0.25, 0.3) is 0 Å². The molecule has 1 saturated heterocycles. The first-order valence-corrected chi connectivity index (χ1v) is 12.7. The molecule has 9 nitrogen and oxygen atoms in total. The van der Waals surface area contributed by atoms with Gasteiger partial charge in [0.1, 0.15) is 6.04 Å². The second-order valence-electron chi connectivity index (χ2n) is 8.60. The number of sulfonamides is 1. The van der Waals surface area contributed by atoms with Crippen LogP contribution in [0.2, 0.25) is 0 Å². The molecule has 2 amide bonds. The molecule has 2 aromatic rings. The lowest BCUT2D eigenvalue weighted by atomic mass is 10.1. The highest BCUT2D eigenvalue weighted by Crippen LogP contribution is 2.23. The van der Waals surface area contributed by atoms with E-state index >= 15 is 0 Å². The maximum absolute atomic E-state index is 13.4. The van der Waals surface area contributed by atoms with Crippen LogP contribution in [0.4, 0.5) is 5.69 Å². The number of anilines is 1. The number of aryl methyl sites for hydroxylation is 1. The average molecular weight is 488 g/mol. The fraction of sp³-hybridized carbons (Fsp3) is 0.417. The van der Waals surface area contributed by atoms with Crippen molar-refractivity contribution in [3.05, 3.63) is 59.7 Å². The molecule has 0 aliphatic carbocycles. The molecule has 0 spiro atoms. The highest BCUT2D eigenvalue weighted by molar-refractivity contribution is 7.89. The zero-order valence-corrected chi connectivity index (χ0v) is 20.7. The maximum atomic E-state index is 13.4. The molecular formula is C24H33N5O4S. The van der Waals surface area contributed by atoms with Crippen molar-refractivity contribution in [1.82, 2.24) is 14.5 Å². The third-order valence-corrected chi connectivity index (χ3v) is 7.81. The van der Waals surface area contributed by atoms with E-state index in [1.165, 1.54) is 21.3 Å². The number of amides is 2. The lowest BCUT2D eigenvalue weighted by Gasteiger charge is -2.39. The number of piperazine rings is 1. The minimum Gasteiger partial charge on any atom is -0.378 e. The van der Waals surface area contributed by atoms with Gasteiger partial charge < -0.3 is 20.9 Å². The summed E-state index contributed by atoms with van der Waals surface area (Å²) in [7, 11) is -0.0380. The molecule has 10 heteroatoms. The summed E-state index contributed by atoms with van der Waals surface area (Å²) in [6.45, 7) is 2.54. The zero-order valence-electron chi connectivity index (χ0n) is 19.9. The Morgan fingerprint density at radius 2 is 1.71 bits per heavy atom. The Hall–Kier alpha value is -2.95. The Morgan fingerprint density at radius 3 is 2.29 bits per heavy atom. The Balaban J connectivity index is 1.81. The van der Waals surface area contributed by atoms with Gasteiger partial charge in [-0.3, -0.25) is 9.59 Å². The van der Waals surface area contributed by atoms with Crippen molar-refractivity contribution in [3.63, 3.8) is 0 Å². The molecule has 34 heavy (non-hydrogen) atoms. The minimum absolute atomic E-state index is 0.0185. The van der Waals surface area contributed by atoms with Crippen LogP contribution in [0.15, 0.2) is 53.4 Å². The summed E-state index contributed by atoms with van der Waals surface area (Å²) in [6, 6.07) is 13.2. The van der Waals surface area contributed by atoms with Gasteiger partial charge in [-0.15, -0.1) is 0 Å². The predicted molar refractivity (Wildman–Crippen MR) is 132 cm³/mol. The van der Waals surface area contributed by atoms with Gasteiger partial charge >= 0.3 is 0 Å². The molecule has 2 aromatic carbocycles. The SMILES string of the molecule is Cc1ccc(S(=O)(=O)N2CCN(C(=O)CCN)CC2C(=O)NCc2ccc(N(C)C)cc2)cc1. The second kappa shape index (κ2) is 11.0. The van der Waals surface area contributed by atoms with Crippen LogP contribution in [0, 0.1) is 6.92 Å². The molecule has 0 radical (unpaired) electrons. The van der Waals surface area contributed by atoms with Gasteiger partial charge in [-0.25, -0.2) is 8.42 Å². The first-order chi connectivity index (χ1) is 16.1. The quantitative estimate of drug-likeness (QED) is 0.572. The first-order valence-electron chi connectivity index (χ1n) is 11.2.